The Labute approximate surface area is 168 Å². The first-order valence-electron chi connectivity index (χ1n) is 9.18. The van der Waals surface area contributed by atoms with Gasteiger partial charge in [-0.25, -0.2) is 0 Å². The number of carbonyl (C=O) groups excluding carboxylic acids is 2. The molecule has 2 amide bonds. The molecule has 3 aromatic rings. The lowest BCUT2D eigenvalue weighted by atomic mass is 10.1. The Hall–Kier alpha value is -2.99. The second-order valence-corrected chi connectivity index (χ2v) is 7.96. The molecule has 6 heteroatoms. The van der Waals surface area contributed by atoms with E-state index in [-0.39, 0.29) is 18.4 Å². The smallest absolute Gasteiger partial charge is 0.251 e. The number of carbonyl (C=O) groups is 2. The Bertz CT molecular complexity index is 955. The van der Waals surface area contributed by atoms with Crippen LogP contribution in [0.4, 0.5) is 0 Å². The highest BCUT2D eigenvalue weighted by Gasteiger charge is 2.40. The fourth-order valence-electron chi connectivity index (χ4n) is 3.42. The molecule has 0 unspecified atom stereocenters. The first-order valence-corrected chi connectivity index (χ1v) is 10.1. The van der Waals surface area contributed by atoms with Gasteiger partial charge in [0.05, 0.1) is 0 Å². The summed E-state index contributed by atoms with van der Waals surface area (Å²) in [6.45, 7) is 2.93. The van der Waals surface area contributed by atoms with Gasteiger partial charge in [-0.15, -0.1) is 11.3 Å². The summed E-state index contributed by atoms with van der Waals surface area (Å²) < 4.78 is 0. The zero-order chi connectivity index (χ0) is 19.5. The van der Waals surface area contributed by atoms with E-state index in [2.05, 4.69) is 4.98 Å². The fraction of sp³-hybridized carbons (Fsp3) is 0.227. The first kappa shape index (κ1) is 18.4. The average Bonchev–Trinajstić information content (AvgIpc) is 3.23. The van der Waals surface area contributed by atoms with Gasteiger partial charge in [0.25, 0.3) is 5.91 Å². The molecule has 28 heavy (non-hydrogen) atoms. The van der Waals surface area contributed by atoms with Crippen molar-refractivity contribution in [2.24, 2.45) is 0 Å². The maximum absolute atomic E-state index is 13.4. The van der Waals surface area contributed by atoms with Crippen molar-refractivity contribution in [2.45, 2.75) is 26.1 Å². The molecule has 5 nitrogen and oxygen atoms in total. The van der Waals surface area contributed by atoms with Gasteiger partial charge in [-0.05, 0) is 35.6 Å². The summed E-state index contributed by atoms with van der Waals surface area (Å²) in [5.74, 6) is -0.0829. The molecule has 3 heterocycles. The SMILES string of the molecule is Cc1ccc(CN2CC(=O)N(Cc3cccnc3)[C@@H](c3cccs3)C2=O)cc1. The van der Waals surface area contributed by atoms with Gasteiger partial charge >= 0.3 is 0 Å². The number of piperazine rings is 1. The number of aryl methyl sites for hydroxylation is 1. The molecule has 0 saturated carbocycles. The minimum absolute atomic E-state index is 0.0356. The van der Waals surface area contributed by atoms with Crippen LogP contribution in [0.1, 0.15) is 27.6 Å². The highest BCUT2D eigenvalue weighted by atomic mass is 32.1. The van der Waals surface area contributed by atoms with Crippen molar-refractivity contribution >= 4 is 23.2 Å². The van der Waals surface area contributed by atoms with Crippen molar-refractivity contribution < 1.29 is 9.59 Å². The number of hydrogen-bond acceptors (Lipinski definition) is 4. The van der Waals surface area contributed by atoms with Gasteiger partial charge in [0.15, 0.2) is 0 Å². The van der Waals surface area contributed by atoms with Crippen molar-refractivity contribution in [3.05, 3.63) is 87.9 Å². The predicted octanol–water partition coefficient (Wildman–Crippen LogP) is 3.56. The zero-order valence-electron chi connectivity index (χ0n) is 15.6. The van der Waals surface area contributed by atoms with Crippen LogP contribution in [0.25, 0.3) is 0 Å². The highest BCUT2D eigenvalue weighted by Crippen LogP contribution is 2.32. The topological polar surface area (TPSA) is 53.5 Å². The number of rotatable bonds is 5. The van der Waals surface area contributed by atoms with E-state index in [1.54, 1.807) is 22.2 Å². The van der Waals surface area contributed by atoms with Crippen molar-refractivity contribution in [3.8, 4) is 0 Å². The van der Waals surface area contributed by atoms with Crippen LogP contribution in [0.3, 0.4) is 0 Å². The Balaban J connectivity index is 1.62. The Morgan fingerprint density at radius 2 is 1.86 bits per heavy atom. The third-order valence-electron chi connectivity index (χ3n) is 4.89. The molecular formula is C22H21N3O2S. The molecule has 1 saturated heterocycles. The van der Waals surface area contributed by atoms with E-state index in [0.29, 0.717) is 13.1 Å². The molecule has 1 fully saturated rings. The highest BCUT2D eigenvalue weighted by molar-refractivity contribution is 7.10. The second-order valence-electron chi connectivity index (χ2n) is 6.98. The minimum Gasteiger partial charge on any atom is -0.327 e. The largest absolute Gasteiger partial charge is 0.327 e. The van der Waals surface area contributed by atoms with Crippen LogP contribution < -0.4 is 0 Å². The number of nitrogens with zero attached hydrogens (tertiary/aromatic N) is 3. The molecule has 1 aromatic carbocycles. The first-order chi connectivity index (χ1) is 13.6. The quantitative estimate of drug-likeness (QED) is 0.668. The van der Waals surface area contributed by atoms with Crippen molar-refractivity contribution in [1.29, 1.82) is 0 Å². The standard InChI is InChI=1S/C22H21N3O2S/c1-16-6-8-17(9-7-16)13-24-15-20(26)25(14-18-4-2-10-23-12-18)21(22(24)27)19-5-3-11-28-19/h2-12,21H,13-15H2,1H3/t21-/m0/s1. The summed E-state index contributed by atoms with van der Waals surface area (Å²) in [6.07, 6.45) is 3.44. The molecule has 1 aliphatic rings. The average molecular weight is 391 g/mol. The van der Waals surface area contributed by atoms with Gasteiger partial charge in [0.2, 0.25) is 5.91 Å². The number of aromatic nitrogens is 1. The Kier molecular flexibility index (Phi) is 5.21. The molecule has 0 N–H and O–H groups in total. The fourth-order valence-corrected chi connectivity index (χ4v) is 4.25. The third-order valence-corrected chi connectivity index (χ3v) is 5.81. The molecule has 142 valence electrons. The van der Waals surface area contributed by atoms with E-state index < -0.39 is 6.04 Å². The van der Waals surface area contributed by atoms with Crippen LogP contribution in [0.5, 0.6) is 0 Å². The summed E-state index contributed by atoms with van der Waals surface area (Å²) in [5.41, 5.74) is 3.11. The maximum atomic E-state index is 13.4. The van der Waals surface area contributed by atoms with Crippen LogP contribution in [-0.2, 0) is 22.7 Å². The molecule has 4 rings (SSSR count). The molecule has 2 aromatic heterocycles. The zero-order valence-corrected chi connectivity index (χ0v) is 16.4. The van der Waals surface area contributed by atoms with Crippen LogP contribution in [0.15, 0.2) is 66.3 Å². The van der Waals surface area contributed by atoms with E-state index in [4.69, 9.17) is 0 Å². The molecular weight excluding hydrogens is 370 g/mol. The van der Waals surface area contributed by atoms with Crippen LogP contribution >= 0.6 is 11.3 Å². The van der Waals surface area contributed by atoms with E-state index in [1.165, 1.54) is 16.9 Å². The number of pyridine rings is 1. The van der Waals surface area contributed by atoms with Crippen molar-refractivity contribution in [2.75, 3.05) is 6.54 Å². The third kappa shape index (κ3) is 3.82. The molecule has 0 aliphatic carbocycles. The molecule has 1 aliphatic heterocycles. The van der Waals surface area contributed by atoms with E-state index in [0.717, 1.165) is 16.0 Å². The Morgan fingerprint density at radius 1 is 1.04 bits per heavy atom. The second kappa shape index (κ2) is 7.94. The lowest BCUT2D eigenvalue weighted by Crippen LogP contribution is -2.54. The van der Waals surface area contributed by atoms with Gasteiger partial charge in [-0.1, -0.05) is 42.0 Å². The van der Waals surface area contributed by atoms with E-state index in [1.807, 2.05) is 60.8 Å². The number of benzene rings is 1. The number of thiophene rings is 1. The number of amides is 2. The van der Waals surface area contributed by atoms with E-state index in [9.17, 15) is 9.59 Å². The molecule has 0 bridgehead atoms. The summed E-state index contributed by atoms with van der Waals surface area (Å²) >= 11 is 1.50. The predicted molar refractivity (Wildman–Crippen MR) is 108 cm³/mol. The summed E-state index contributed by atoms with van der Waals surface area (Å²) in [7, 11) is 0. The van der Waals surface area contributed by atoms with Crippen LogP contribution in [0.2, 0.25) is 0 Å². The van der Waals surface area contributed by atoms with Crippen LogP contribution in [-0.4, -0.2) is 33.1 Å². The molecule has 0 spiro atoms. The monoisotopic (exact) mass is 391 g/mol. The summed E-state index contributed by atoms with van der Waals surface area (Å²) in [4.78, 5) is 34.7. The van der Waals surface area contributed by atoms with Crippen molar-refractivity contribution in [1.82, 2.24) is 14.8 Å². The lowest BCUT2D eigenvalue weighted by molar-refractivity contribution is -0.157. The van der Waals surface area contributed by atoms with Crippen molar-refractivity contribution in [3.63, 3.8) is 0 Å². The number of hydrogen-bond donors (Lipinski definition) is 0. The maximum Gasteiger partial charge on any atom is 0.251 e. The minimum atomic E-state index is -0.591. The van der Waals surface area contributed by atoms with Gasteiger partial charge in [0, 0.05) is 30.4 Å². The summed E-state index contributed by atoms with van der Waals surface area (Å²) in [5, 5.41) is 1.94. The molecule has 1 atom stereocenters. The van der Waals surface area contributed by atoms with Crippen LogP contribution in [0, 0.1) is 6.92 Å². The van der Waals surface area contributed by atoms with Gasteiger partial charge in [-0.2, -0.15) is 0 Å². The van der Waals surface area contributed by atoms with Gasteiger partial charge in [0.1, 0.15) is 12.6 Å². The Morgan fingerprint density at radius 3 is 2.54 bits per heavy atom. The normalized spacial score (nSPS) is 17.2. The van der Waals surface area contributed by atoms with E-state index >= 15 is 0 Å². The summed E-state index contributed by atoms with van der Waals surface area (Å²) in [6, 6.07) is 15.1. The lowest BCUT2D eigenvalue weighted by Gasteiger charge is -2.40. The van der Waals surface area contributed by atoms with Gasteiger partial charge < -0.3 is 9.80 Å². The molecule has 0 radical (unpaired) electrons. The van der Waals surface area contributed by atoms with Gasteiger partial charge in [-0.3, -0.25) is 14.6 Å².